The molecule has 0 aromatic carbocycles. The smallest absolute Gasteiger partial charge is 0.303 e. The van der Waals surface area contributed by atoms with Gasteiger partial charge in [0.1, 0.15) is 0 Å². The van der Waals surface area contributed by atoms with Crippen molar-refractivity contribution >= 4 is 11.9 Å². The number of carboxylic acids is 1. The van der Waals surface area contributed by atoms with Crippen molar-refractivity contribution in [3.05, 3.63) is 0 Å². The van der Waals surface area contributed by atoms with Crippen molar-refractivity contribution in [2.75, 3.05) is 26.8 Å². The Morgan fingerprint density at radius 3 is 2.83 bits per heavy atom. The van der Waals surface area contributed by atoms with Crippen molar-refractivity contribution in [1.82, 2.24) is 4.90 Å². The molecule has 1 N–H and O–H groups in total. The molecular weight excluding hydrogens is 234 g/mol. The van der Waals surface area contributed by atoms with Crippen LogP contribution in [0.5, 0.6) is 0 Å². The summed E-state index contributed by atoms with van der Waals surface area (Å²) in [5, 5.41) is 8.79. The molecule has 1 aliphatic heterocycles. The molecule has 2 unspecified atom stereocenters. The number of likely N-dealkylation sites (tertiary alicyclic amines) is 1. The number of hydrogen-bond acceptors (Lipinski definition) is 3. The Morgan fingerprint density at radius 1 is 1.50 bits per heavy atom. The highest BCUT2D eigenvalue weighted by Crippen LogP contribution is 2.21. The lowest BCUT2D eigenvalue weighted by molar-refractivity contribution is -0.141. The number of rotatable bonds is 6. The predicted molar refractivity (Wildman–Crippen MR) is 67.2 cm³/mol. The third-order valence-corrected chi connectivity index (χ3v) is 3.31. The van der Waals surface area contributed by atoms with Crippen molar-refractivity contribution in [3.8, 4) is 0 Å². The summed E-state index contributed by atoms with van der Waals surface area (Å²) in [6, 6.07) is 0. The minimum Gasteiger partial charge on any atom is -0.481 e. The molecule has 0 spiro atoms. The largest absolute Gasteiger partial charge is 0.481 e. The lowest BCUT2D eigenvalue weighted by Gasteiger charge is -2.32. The van der Waals surface area contributed by atoms with E-state index in [4.69, 9.17) is 9.84 Å². The number of methoxy groups -OCH3 is 1. The van der Waals surface area contributed by atoms with E-state index >= 15 is 0 Å². The first kappa shape index (κ1) is 15.0. The van der Waals surface area contributed by atoms with Gasteiger partial charge in [0.25, 0.3) is 0 Å². The maximum atomic E-state index is 12.0. The summed E-state index contributed by atoms with van der Waals surface area (Å²) in [5.41, 5.74) is 0. The van der Waals surface area contributed by atoms with E-state index in [2.05, 4.69) is 0 Å². The fourth-order valence-electron chi connectivity index (χ4n) is 2.48. The molecule has 0 aromatic heterocycles. The number of carboxylic acid groups (broad SMARTS) is 1. The van der Waals surface area contributed by atoms with Crippen molar-refractivity contribution < 1.29 is 19.4 Å². The van der Waals surface area contributed by atoms with Gasteiger partial charge in [-0.15, -0.1) is 0 Å². The molecule has 0 radical (unpaired) electrons. The molecule has 1 amide bonds. The monoisotopic (exact) mass is 257 g/mol. The van der Waals surface area contributed by atoms with Crippen molar-refractivity contribution in [2.24, 2.45) is 11.8 Å². The fourth-order valence-corrected chi connectivity index (χ4v) is 2.48. The third-order valence-electron chi connectivity index (χ3n) is 3.31. The number of nitrogens with zero attached hydrogens (tertiary/aromatic N) is 1. The lowest BCUT2D eigenvalue weighted by Crippen LogP contribution is -2.41. The first-order valence-corrected chi connectivity index (χ1v) is 6.51. The van der Waals surface area contributed by atoms with Crippen LogP contribution in [-0.2, 0) is 14.3 Å². The van der Waals surface area contributed by atoms with Crippen LogP contribution in [0.3, 0.4) is 0 Å². The number of ether oxygens (including phenoxy) is 1. The predicted octanol–water partition coefficient (Wildman–Crippen LogP) is 1.37. The van der Waals surface area contributed by atoms with Crippen LogP contribution in [0, 0.1) is 11.8 Å². The van der Waals surface area contributed by atoms with Crippen LogP contribution in [0.25, 0.3) is 0 Å². The molecule has 1 fully saturated rings. The van der Waals surface area contributed by atoms with Crippen molar-refractivity contribution in [2.45, 2.75) is 32.6 Å². The number of amides is 1. The normalized spacial score (nSPS) is 21.7. The van der Waals surface area contributed by atoms with E-state index in [1.165, 1.54) is 0 Å². The van der Waals surface area contributed by atoms with Crippen LogP contribution < -0.4 is 0 Å². The highest BCUT2D eigenvalue weighted by molar-refractivity contribution is 5.76. The highest BCUT2D eigenvalue weighted by Gasteiger charge is 2.25. The minimum absolute atomic E-state index is 0.109. The molecule has 0 saturated carbocycles. The number of carbonyl (C=O) groups excluding carboxylic acids is 1. The van der Waals surface area contributed by atoms with E-state index in [1.807, 2.05) is 11.8 Å². The van der Waals surface area contributed by atoms with Gasteiger partial charge in [-0.05, 0) is 24.7 Å². The van der Waals surface area contributed by atoms with Gasteiger partial charge in [0.2, 0.25) is 5.91 Å². The highest BCUT2D eigenvalue weighted by atomic mass is 16.5. The molecule has 5 nitrogen and oxygen atoms in total. The molecular formula is C13H23NO4. The van der Waals surface area contributed by atoms with Crippen LogP contribution in [0.2, 0.25) is 0 Å². The van der Waals surface area contributed by atoms with Crippen LogP contribution in [-0.4, -0.2) is 48.7 Å². The first-order valence-electron chi connectivity index (χ1n) is 6.51. The summed E-state index contributed by atoms with van der Waals surface area (Å²) >= 11 is 0. The van der Waals surface area contributed by atoms with E-state index in [0.717, 1.165) is 19.4 Å². The molecule has 1 saturated heterocycles. The van der Waals surface area contributed by atoms with E-state index < -0.39 is 5.97 Å². The second-order valence-electron chi connectivity index (χ2n) is 5.21. The van der Waals surface area contributed by atoms with E-state index in [0.29, 0.717) is 19.6 Å². The SMILES string of the molecule is COCC(C)CC(=O)N1CCCC(CC(=O)O)C1. The van der Waals surface area contributed by atoms with E-state index in [1.54, 1.807) is 7.11 Å². The standard InChI is InChI=1S/C13H23NO4/c1-10(9-18-2)6-12(15)14-5-3-4-11(8-14)7-13(16)17/h10-11H,3-9H2,1-2H3,(H,16,17). The maximum Gasteiger partial charge on any atom is 0.303 e. The van der Waals surface area contributed by atoms with Crippen LogP contribution >= 0.6 is 0 Å². The zero-order valence-electron chi connectivity index (χ0n) is 11.2. The number of carbonyl (C=O) groups is 2. The molecule has 104 valence electrons. The van der Waals surface area contributed by atoms with Crippen LogP contribution in [0.15, 0.2) is 0 Å². The van der Waals surface area contributed by atoms with Gasteiger partial charge in [-0.3, -0.25) is 9.59 Å². The minimum atomic E-state index is -0.776. The van der Waals surface area contributed by atoms with Gasteiger partial charge in [-0.1, -0.05) is 6.92 Å². The zero-order chi connectivity index (χ0) is 13.5. The maximum absolute atomic E-state index is 12.0. The van der Waals surface area contributed by atoms with Gasteiger partial charge in [-0.2, -0.15) is 0 Å². The molecule has 1 aliphatic rings. The molecule has 1 heterocycles. The Bertz CT molecular complexity index is 293. The van der Waals surface area contributed by atoms with Crippen LogP contribution in [0.4, 0.5) is 0 Å². The van der Waals surface area contributed by atoms with Crippen molar-refractivity contribution in [3.63, 3.8) is 0 Å². The molecule has 0 aromatic rings. The summed E-state index contributed by atoms with van der Waals surface area (Å²) in [6.45, 7) is 3.91. The fraction of sp³-hybridized carbons (Fsp3) is 0.846. The second kappa shape index (κ2) is 7.36. The van der Waals surface area contributed by atoms with E-state index in [9.17, 15) is 9.59 Å². The average Bonchev–Trinajstić information content (AvgIpc) is 2.28. The molecule has 1 rings (SSSR count). The topological polar surface area (TPSA) is 66.8 Å². The average molecular weight is 257 g/mol. The van der Waals surface area contributed by atoms with Gasteiger partial charge < -0.3 is 14.7 Å². The summed E-state index contributed by atoms with van der Waals surface area (Å²) in [5.74, 6) is -0.336. The van der Waals surface area contributed by atoms with Crippen molar-refractivity contribution in [1.29, 1.82) is 0 Å². The third kappa shape index (κ3) is 5.04. The summed E-state index contributed by atoms with van der Waals surface area (Å²) in [6.07, 6.45) is 2.46. The van der Waals surface area contributed by atoms with Gasteiger partial charge in [0.05, 0.1) is 0 Å². The molecule has 18 heavy (non-hydrogen) atoms. The molecule has 5 heteroatoms. The number of aliphatic carboxylic acids is 1. The van der Waals surface area contributed by atoms with Gasteiger partial charge in [0.15, 0.2) is 0 Å². The van der Waals surface area contributed by atoms with Gasteiger partial charge in [-0.25, -0.2) is 0 Å². The summed E-state index contributed by atoms with van der Waals surface area (Å²) < 4.78 is 5.02. The molecule has 0 aliphatic carbocycles. The number of piperidine rings is 1. The lowest BCUT2D eigenvalue weighted by atomic mass is 9.94. The second-order valence-corrected chi connectivity index (χ2v) is 5.21. The zero-order valence-corrected chi connectivity index (χ0v) is 11.2. The first-order chi connectivity index (χ1) is 8.52. The Labute approximate surface area is 108 Å². The Balaban J connectivity index is 2.40. The molecule has 0 bridgehead atoms. The summed E-state index contributed by atoms with van der Waals surface area (Å²) in [7, 11) is 1.63. The number of hydrogen-bond donors (Lipinski definition) is 1. The summed E-state index contributed by atoms with van der Waals surface area (Å²) in [4.78, 5) is 24.5. The Hall–Kier alpha value is -1.10. The quantitative estimate of drug-likeness (QED) is 0.780. The van der Waals surface area contributed by atoms with Gasteiger partial charge >= 0.3 is 5.97 Å². The van der Waals surface area contributed by atoms with Crippen LogP contribution in [0.1, 0.15) is 32.6 Å². The Morgan fingerprint density at radius 2 is 2.22 bits per heavy atom. The van der Waals surface area contributed by atoms with Gasteiger partial charge in [0, 0.05) is 39.6 Å². The molecule has 2 atom stereocenters. The Kier molecular flexibility index (Phi) is 6.12. The van der Waals surface area contributed by atoms with E-state index in [-0.39, 0.29) is 24.2 Å².